The number of aromatic nitrogens is 4. The number of hydrogen-bond donors (Lipinski definition) is 2. The first-order chi connectivity index (χ1) is 9.21. The van der Waals surface area contributed by atoms with Gasteiger partial charge in [-0.3, -0.25) is 14.6 Å². The van der Waals surface area contributed by atoms with Crippen molar-refractivity contribution in [3.8, 4) is 0 Å². The van der Waals surface area contributed by atoms with Gasteiger partial charge in [-0.1, -0.05) is 33.5 Å². The Morgan fingerprint density at radius 2 is 2.00 bits per heavy atom. The van der Waals surface area contributed by atoms with Gasteiger partial charge >= 0.3 is 0 Å². The van der Waals surface area contributed by atoms with Gasteiger partial charge in [0.15, 0.2) is 19.4 Å². The number of aromatic amines is 2. The lowest BCUT2D eigenvalue weighted by molar-refractivity contribution is -0.120. The lowest BCUT2D eigenvalue weighted by Gasteiger charge is -2.33. The first-order valence-electron chi connectivity index (χ1n) is 6.49. The molecule has 0 aliphatic carbocycles. The lowest BCUT2D eigenvalue weighted by Crippen LogP contribution is -2.53. The van der Waals surface area contributed by atoms with Crippen molar-refractivity contribution in [2.75, 3.05) is 4.57 Å². The Labute approximate surface area is 117 Å². The average Bonchev–Trinajstić information content (AvgIpc) is 2.75. The molecule has 0 radical (unpaired) electrons. The molecule has 7 nitrogen and oxygen atoms in total. The van der Waals surface area contributed by atoms with Crippen molar-refractivity contribution in [2.24, 2.45) is 5.92 Å². The van der Waals surface area contributed by atoms with Crippen LogP contribution < -0.4 is 10.1 Å². The van der Waals surface area contributed by atoms with Crippen LogP contribution in [0.5, 0.6) is 0 Å². The minimum absolute atomic E-state index is 0.0396. The first kappa shape index (κ1) is 14.4. The molecule has 20 heavy (non-hydrogen) atoms. The van der Waals surface area contributed by atoms with Crippen LogP contribution >= 0.6 is 0 Å². The molecule has 108 valence electrons. The third-order valence-corrected chi connectivity index (χ3v) is 4.65. The molecule has 2 heterocycles. The Morgan fingerprint density at radius 1 is 1.35 bits per heavy atom. The monoisotopic (exact) mass is 293 g/mol. The van der Waals surface area contributed by atoms with Crippen LogP contribution in [0.15, 0.2) is 11.1 Å². The minimum Gasteiger partial charge on any atom is -0.339 e. The van der Waals surface area contributed by atoms with Gasteiger partial charge in [-0.25, -0.2) is 4.98 Å². The number of fused-ring (bicyclic) bond motifs is 1. The molecule has 2 aromatic heterocycles. The topological polar surface area (TPSA) is 94.7 Å². The highest BCUT2D eigenvalue weighted by Crippen LogP contribution is 2.20. The number of hydrogen-bond acceptors (Lipinski definition) is 4. The number of amides is 1. The first-order valence-corrected chi connectivity index (χ1v) is 9.94. The molecule has 0 saturated heterocycles. The van der Waals surface area contributed by atoms with Crippen LogP contribution in [0.2, 0.25) is 19.6 Å². The van der Waals surface area contributed by atoms with E-state index in [-0.39, 0.29) is 23.3 Å². The number of imidazole rings is 1. The maximum Gasteiger partial charge on any atom is 0.278 e. The van der Waals surface area contributed by atoms with Gasteiger partial charge in [0.1, 0.15) is 0 Å². The summed E-state index contributed by atoms with van der Waals surface area (Å²) in [6.07, 6.45) is 1.42. The molecule has 0 aliphatic heterocycles. The Kier molecular flexibility index (Phi) is 3.51. The van der Waals surface area contributed by atoms with E-state index in [9.17, 15) is 9.59 Å². The molecule has 0 atom stereocenters. The number of nitrogens with zero attached hydrogens (tertiary/aromatic N) is 3. The average molecular weight is 293 g/mol. The molecule has 0 aliphatic rings. The largest absolute Gasteiger partial charge is 0.339 e. The van der Waals surface area contributed by atoms with E-state index in [4.69, 9.17) is 0 Å². The second-order valence-corrected chi connectivity index (χ2v) is 10.8. The van der Waals surface area contributed by atoms with E-state index in [0.29, 0.717) is 11.2 Å². The normalized spacial score (nSPS) is 12.1. The molecule has 2 rings (SSSR count). The zero-order chi connectivity index (χ0) is 15.1. The molecule has 2 aromatic rings. The molecule has 0 unspecified atom stereocenters. The van der Waals surface area contributed by atoms with E-state index in [1.807, 2.05) is 33.5 Å². The molecule has 0 aromatic carbocycles. The van der Waals surface area contributed by atoms with E-state index in [0.717, 1.165) is 0 Å². The summed E-state index contributed by atoms with van der Waals surface area (Å²) in [4.78, 5) is 38.2. The quantitative estimate of drug-likeness (QED) is 0.838. The van der Waals surface area contributed by atoms with Crippen LogP contribution in [0.1, 0.15) is 13.8 Å². The third-order valence-electron chi connectivity index (χ3n) is 2.88. The van der Waals surface area contributed by atoms with Gasteiger partial charge in [-0.2, -0.15) is 4.98 Å². The molecular weight excluding hydrogens is 274 g/mol. The minimum atomic E-state index is -2.03. The van der Waals surface area contributed by atoms with Gasteiger partial charge in [0.05, 0.1) is 6.33 Å². The molecule has 0 fully saturated rings. The van der Waals surface area contributed by atoms with E-state index < -0.39 is 8.24 Å². The second kappa shape index (κ2) is 4.86. The molecule has 2 N–H and O–H groups in total. The molecule has 8 heteroatoms. The van der Waals surface area contributed by atoms with Crippen LogP contribution in [0.25, 0.3) is 11.2 Å². The summed E-state index contributed by atoms with van der Waals surface area (Å²) in [5.41, 5.74) is 0.326. The van der Waals surface area contributed by atoms with Crippen LogP contribution in [0.4, 0.5) is 5.95 Å². The summed E-state index contributed by atoms with van der Waals surface area (Å²) in [7, 11) is -2.03. The predicted molar refractivity (Wildman–Crippen MR) is 80.2 cm³/mol. The zero-order valence-electron chi connectivity index (χ0n) is 12.3. The van der Waals surface area contributed by atoms with Gasteiger partial charge in [0, 0.05) is 5.92 Å². The number of nitrogens with one attached hydrogen (secondary N) is 2. The second-order valence-electron chi connectivity index (χ2n) is 5.99. The highest BCUT2D eigenvalue weighted by molar-refractivity contribution is 6.82. The Morgan fingerprint density at radius 3 is 2.55 bits per heavy atom. The maximum atomic E-state index is 12.4. The highest BCUT2D eigenvalue weighted by atomic mass is 28.3. The fourth-order valence-electron chi connectivity index (χ4n) is 1.95. The fourth-order valence-corrected chi connectivity index (χ4v) is 3.61. The standard InChI is InChI=1S/C12H19N5O2Si/c1-7(2)11(19)17(20(3,4)5)12-15-9-8(10(18)16-12)13-6-14-9/h6-7H,1-5H3,(H2,13,14,15,16,18). The summed E-state index contributed by atoms with van der Waals surface area (Å²) in [6, 6.07) is 0. The number of carbonyl (C=O) groups excluding carboxylic acids is 1. The fraction of sp³-hybridized carbons (Fsp3) is 0.500. The molecule has 0 bridgehead atoms. The van der Waals surface area contributed by atoms with Crippen molar-refractivity contribution in [1.82, 2.24) is 19.9 Å². The molecule has 0 saturated carbocycles. The highest BCUT2D eigenvalue weighted by Gasteiger charge is 2.33. The Bertz CT molecular complexity index is 698. The summed E-state index contributed by atoms with van der Waals surface area (Å²) >= 11 is 0. The van der Waals surface area contributed by atoms with Gasteiger partial charge in [-0.15, -0.1) is 0 Å². The number of rotatable bonds is 3. The van der Waals surface area contributed by atoms with E-state index in [2.05, 4.69) is 19.9 Å². The van der Waals surface area contributed by atoms with Gasteiger partial charge in [0.2, 0.25) is 11.9 Å². The molecule has 1 amide bonds. The van der Waals surface area contributed by atoms with Crippen LogP contribution in [0, 0.1) is 5.92 Å². The predicted octanol–water partition coefficient (Wildman–Crippen LogP) is 1.47. The van der Waals surface area contributed by atoms with Crippen molar-refractivity contribution in [1.29, 1.82) is 0 Å². The Hall–Kier alpha value is -1.96. The van der Waals surface area contributed by atoms with Crippen LogP contribution in [-0.4, -0.2) is 34.1 Å². The smallest absolute Gasteiger partial charge is 0.278 e. The van der Waals surface area contributed by atoms with E-state index in [1.165, 1.54) is 6.33 Å². The number of anilines is 1. The Balaban J connectivity index is 2.62. The summed E-state index contributed by atoms with van der Waals surface area (Å²) in [5.74, 6) is 0.0802. The SMILES string of the molecule is CC(C)C(=O)N(c1nc2nc[nH]c2c(=O)[nH]1)[Si](C)(C)C. The summed E-state index contributed by atoms with van der Waals surface area (Å²) < 4.78 is 1.65. The summed E-state index contributed by atoms with van der Waals surface area (Å²) in [5, 5.41) is 0. The van der Waals surface area contributed by atoms with E-state index >= 15 is 0 Å². The van der Waals surface area contributed by atoms with Crippen molar-refractivity contribution in [3.63, 3.8) is 0 Å². The zero-order valence-corrected chi connectivity index (χ0v) is 13.3. The van der Waals surface area contributed by atoms with Gasteiger partial charge in [0.25, 0.3) is 5.56 Å². The van der Waals surface area contributed by atoms with Crippen molar-refractivity contribution >= 4 is 31.3 Å². The van der Waals surface area contributed by atoms with Crippen molar-refractivity contribution < 1.29 is 4.79 Å². The van der Waals surface area contributed by atoms with Crippen LogP contribution in [-0.2, 0) is 4.79 Å². The van der Waals surface area contributed by atoms with E-state index in [1.54, 1.807) is 4.57 Å². The van der Waals surface area contributed by atoms with Gasteiger partial charge < -0.3 is 9.55 Å². The molecule has 0 spiro atoms. The number of H-pyrrole nitrogens is 2. The third kappa shape index (κ3) is 2.51. The van der Waals surface area contributed by atoms with Crippen molar-refractivity contribution in [3.05, 3.63) is 16.7 Å². The maximum absolute atomic E-state index is 12.4. The van der Waals surface area contributed by atoms with Gasteiger partial charge in [-0.05, 0) is 0 Å². The molecular formula is C12H19N5O2Si. The van der Waals surface area contributed by atoms with Crippen molar-refractivity contribution in [2.45, 2.75) is 33.5 Å². The van der Waals surface area contributed by atoms with Crippen LogP contribution in [0.3, 0.4) is 0 Å². The lowest BCUT2D eigenvalue weighted by atomic mass is 10.2. The summed E-state index contributed by atoms with van der Waals surface area (Å²) in [6.45, 7) is 9.76. The number of carbonyl (C=O) groups is 1.